The number of aromatic nitrogens is 3. The van der Waals surface area contributed by atoms with Gasteiger partial charge in [-0.2, -0.15) is 14.4 Å². The molecule has 1 aliphatic heterocycles. The molecule has 4 rings (SSSR count). The molecular weight excluding hydrogens is 525 g/mol. The van der Waals surface area contributed by atoms with E-state index in [2.05, 4.69) is 31.1 Å². The highest BCUT2D eigenvalue weighted by molar-refractivity contribution is 7.09. The van der Waals surface area contributed by atoms with Gasteiger partial charge in [-0.1, -0.05) is 25.7 Å². The molecule has 1 saturated carbocycles. The molecule has 0 spiro atoms. The fraction of sp³-hybridized carbons (Fsp3) is 0.609. The molecule has 2 aliphatic rings. The predicted molar refractivity (Wildman–Crippen MR) is 136 cm³/mol. The number of nitrogens with zero attached hydrogens (tertiary/aromatic N) is 4. The Labute approximate surface area is 223 Å². The van der Waals surface area contributed by atoms with E-state index in [1.54, 1.807) is 6.20 Å². The zero-order chi connectivity index (χ0) is 26.0. The van der Waals surface area contributed by atoms with Gasteiger partial charge >= 0.3 is 0 Å². The molecule has 2 fully saturated rings. The quantitative estimate of drug-likeness (QED) is 0.191. The Hall–Kier alpha value is -2.61. The molecule has 14 heteroatoms. The van der Waals surface area contributed by atoms with Gasteiger partial charge in [0.05, 0.1) is 19.0 Å². The first-order valence-electron chi connectivity index (χ1n) is 12.4. The highest BCUT2D eigenvalue weighted by Crippen LogP contribution is 2.31. The zero-order valence-electron chi connectivity index (χ0n) is 20.3. The van der Waals surface area contributed by atoms with Crippen LogP contribution in [0.25, 0.3) is 0 Å². The van der Waals surface area contributed by atoms with E-state index in [4.69, 9.17) is 21.2 Å². The fourth-order valence-electron chi connectivity index (χ4n) is 4.53. The second kappa shape index (κ2) is 13.8. The number of hydrazine groups is 1. The lowest BCUT2D eigenvalue weighted by Gasteiger charge is -2.29. The van der Waals surface area contributed by atoms with Crippen LogP contribution in [0.1, 0.15) is 56.4 Å². The van der Waals surface area contributed by atoms with Crippen molar-refractivity contribution in [3.8, 4) is 0 Å². The third-order valence-corrected chi connectivity index (χ3v) is 7.34. The van der Waals surface area contributed by atoms with E-state index in [0.29, 0.717) is 31.8 Å². The van der Waals surface area contributed by atoms with Crippen molar-refractivity contribution in [2.24, 2.45) is 11.8 Å². The summed E-state index contributed by atoms with van der Waals surface area (Å²) in [5, 5.41) is 6.31. The first-order chi connectivity index (χ1) is 18.0. The lowest BCUT2D eigenvalue weighted by Crippen LogP contribution is -2.43. The van der Waals surface area contributed by atoms with Crippen molar-refractivity contribution in [1.82, 2.24) is 25.4 Å². The second-order valence-electron chi connectivity index (χ2n) is 9.09. The van der Waals surface area contributed by atoms with E-state index < -0.39 is 23.9 Å². The minimum absolute atomic E-state index is 0.0427. The van der Waals surface area contributed by atoms with Gasteiger partial charge in [-0.25, -0.2) is 14.9 Å². The topological polar surface area (TPSA) is 131 Å². The Balaban J connectivity index is 1.39. The summed E-state index contributed by atoms with van der Waals surface area (Å²) in [5.74, 6) is -1.86. The minimum Gasteiger partial charge on any atom is -0.361 e. The monoisotopic (exact) mass is 555 g/mol. The number of thiazole rings is 1. The van der Waals surface area contributed by atoms with Crippen LogP contribution < -0.4 is 16.2 Å². The smallest absolute Gasteiger partial charge is 0.243 e. The Morgan fingerprint density at radius 2 is 2.05 bits per heavy atom. The summed E-state index contributed by atoms with van der Waals surface area (Å²) in [6.45, 7) is 0.867. The van der Waals surface area contributed by atoms with Crippen molar-refractivity contribution < 1.29 is 23.6 Å². The molecule has 3 heterocycles. The third-order valence-electron chi connectivity index (χ3n) is 6.39. The van der Waals surface area contributed by atoms with Crippen LogP contribution in [0.15, 0.2) is 11.6 Å². The Bertz CT molecular complexity index is 1020. The molecule has 1 saturated heterocycles. The highest BCUT2D eigenvalue weighted by atomic mass is 35.5. The molecule has 0 aromatic carbocycles. The lowest BCUT2D eigenvalue weighted by atomic mass is 9.92. The highest BCUT2D eigenvalue weighted by Gasteiger charge is 2.29. The number of anilines is 2. The molecule has 1 unspecified atom stereocenters. The van der Waals surface area contributed by atoms with Crippen molar-refractivity contribution in [3.63, 3.8) is 0 Å². The molecule has 2 aromatic heterocycles. The largest absolute Gasteiger partial charge is 0.361 e. The SMILES string of the molecule is O=CN(C[C@H](CC1CCCC1)C(=O)NNc1nc(Cl)nc(NCc2nccs2)c1F)OC1CCCCO1. The molecule has 2 atom stereocenters. The summed E-state index contributed by atoms with van der Waals surface area (Å²) in [5.41, 5.74) is 5.06. The average Bonchev–Trinajstić information content (AvgIpc) is 3.62. The molecule has 2 aromatic rings. The molecule has 0 radical (unpaired) electrons. The van der Waals surface area contributed by atoms with Crippen LogP contribution in [0.2, 0.25) is 5.28 Å². The van der Waals surface area contributed by atoms with Crippen molar-refractivity contribution in [2.75, 3.05) is 23.9 Å². The molecule has 11 nitrogen and oxygen atoms in total. The first-order valence-corrected chi connectivity index (χ1v) is 13.7. The van der Waals surface area contributed by atoms with Crippen LogP contribution in [0, 0.1) is 17.7 Å². The van der Waals surface area contributed by atoms with Gasteiger partial charge in [-0.05, 0) is 36.8 Å². The summed E-state index contributed by atoms with van der Waals surface area (Å²) in [4.78, 5) is 42.5. The van der Waals surface area contributed by atoms with Crippen molar-refractivity contribution in [1.29, 1.82) is 0 Å². The van der Waals surface area contributed by atoms with Gasteiger partial charge in [0.2, 0.25) is 23.4 Å². The van der Waals surface area contributed by atoms with Gasteiger partial charge in [-0.3, -0.25) is 20.4 Å². The summed E-state index contributed by atoms with van der Waals surface area (Å²) >= 11 is 7.40. The van der Waals surface area contributed by atoms with Crippen LogP contribution in [-0.2, 0) is 25.7 Å². The molecular formula is C23H31ClFN7O4S. The minimum atomic E-state index is -0.805. The van der Waals surface area contributed by atoms with Crippen LogP contribution >= 0.6 is 22.9 Å². The average molecular weight is 556 g/mol. The molecule has 1 aliphatic carbocycles. The number of hydroxylamine groups is 2. The number of carbonyl (C=O) groups is 2. The maximum atomic E-state index is 15.0. The number of rotatable bonds is 13. The van der Waals surface area contributed by atoms with E-state index in [9.17, 15) is 9.59 Å². The van der Waals surface area contributed by atoms with Gasteiger partial charge in [-0.15, -0.1) is 11.3 Å². The first kappa shape index (κ1) is 27.4. The van der Waals surface area contributed by atoms with Crippen molar-refractivity contribution in [2.45, 2.75) is 64.2 Å². The van der Waals surface area contributed by atoms with Crippen molar-refractivity contribution in [3.05, 3.63) is 27.7 Å². The maximum absolute atomic E-state index is 15.0. The van der Waals surface area contributed by atoms with Gasteiger partial charge in [0, 0.05) is 24.6 Å². The van der Waals surface area contributed by atoms with Crippen molar-refractivity contribution >= 4 is 46.9 Å². The zero-order valence-corrected chi connectivity index (χ0v) is 21.9. The van der Waals surface area contributed by atoms with Gasteiger partial charge in [0.1, 0.15) is 5.01 Å². The van der Waals surface area contributed by atoms with Crippen LogP contribution in [0.3, 0.4) is 0 Å². The summed E-state index contributed by atoms with van der Waals surface area (Å²) < 4.78 is 20.6. The Morgan fingerprint density at radius 1 is 1.27 bits per heavy atom. The number of carbonyl (C=O) groups excluding carboxylic acids is 2. The van der Waals surface area contributed by atoms with E-state index in [-0.39, 0.29) is 30.0 Å². The number of hydrogen-bond acceptors (Lipinski definition) is 10. The normalized spacial score (nSPS) is 18.8. The number of ether oxygens (including phenoxy) is 1. The molecule has 2 amide bonds. The van der Waals surface area contributed by atoms with Crippen LogP contribution in [-0.4, -0.2) is 51.8 Å². The third kappa shape index (κ3) is 8.19. The van der Waals surface area contributed by atoms with Crippen LogP contribution in [0.5, 0.6) is 0 Å². The molecule has 202 valence electrons. The maximum Gasteiger partial charge on any atom is 0.243 e. The van der Waals surface area contributed by atoms with Gasteiger partial charge in [0.15, 0.2) is 17.9 Å². The van der Waals surface area contributed by atoms with E-state index in [1.807, 2.05) is 5.38 Å². The standard InChI is InChI=1S/C23H31ClFN7O4S/c24-23-28-20(27-12-17-26-8-10-37-17)19(25)21(29-23)30-31-22(34)16(11-15-5-1-2-6-15)13-32(14-33)36-18-7-3-4-9-35-18/h8,10,14-16,18H,1-7,9,11-13H2,(H,31,34)(H2,27,28,29,30)/t16-,18?/m0/s1. The van der Waals surface area contributed by atoms with E-state index in [0.717, 1.165) is 48.6 Å². The predicted octanol–water partition coefficient (Wildman–Crippen LogP) is 3.89. The Kier molecular flexibility index (Phi) is 10.2. The van der Waals surface area contributed by atoms with E-state index in [1.165, 1.54) is 11.3 Å². The number of nitrogens with one attached hydrogen (secondary N) is 3. The molecule has 37 heavy (non-hydrogen) atoms. The number of halogens is 2. The second-order valence-corrected chi connectivity index (χ2v) is 10.4. The summed E-state index contributed by atoms with van der Waals surface area (Å²) in [6.07, 6.45) is 9.11. The van der Waals surface area contributed by atoms with Gasteiger partial charge in [0.25, 0.3) is 0 Å². The number of hydrogen-bond donors (Lipinski definition) is 3. The molecule has 0 bridgehead atoms. The summed E-state index contributed by atoms with van der Waals surface area (Å²) in [7, 11) is 0. The summed E-state index contributed by atoms with van der Waals surface area (Å²) in [6, 6.07) is 0. The van der Waals surface area contributed by atoms with E-state index >= 15 is 4.39 Å². The van der Waals surface area contributed by atoms with Crippen LogP contribution in [0.4, 0.5) is 16.0 Å². The molecule has 3 N–H and O–H groups in total. The fourth-order valence-corrected chi connectivity index (χ4v) is 5.25. The lowest BCUT2D eigenvalue weighted by molar-refractivity contribution is -0.276. The number of amides is 2. The Morgan fingerprint density at radius 3 is 2.76 bits per heavy atom. The van der Waals surface area contributed by atoms with Gasteiger partial charge < -0.3 is 10.1 Å².